The fourth-order valence-electron chi connectivity index (χ4n) is 3.80. The summed E-state index contributed by atoms with van der Waals surface area (Å²) in [5, 5.41) is 0. The highest BCUT2D eigenvalue weighted by molar-refractivity contribution is 7.88. The van der Waals surface area contributed by atoms with Crippen LogP contribution in [0.3, 0.4) is 0 Å². The Bertz CT molecular complexity index is 975. The number of hydrogen-bond acceptors (Lipinski definition) is 4. The van der Waals surface area contributed by atoms with E-state index in [9.17, 15) is 17.6 Å². The van der Waals surface area contributed by atoms with E-state index in [4.69, 9.17) is 4.74 Å². The topological polar surface area (TPSA) is 63.7 Å². The smallest absolute Gasteiger partial charge is 0.339 e. The monoisotopic (exact) mass is 375 g/mol. The van der Waals surface area contributed by atoms with Crippen molar-refractivity contribution >= 4 is 16.0 Å². The van der Waals surface area contributed by atoms with Gasteiger partial charge in [0.15, 0.2) is 5.60 Å². The predicted octanol–water partition coefficient (Wildman–Crippen LogP) is 2.82. The zero-order chi connectivity index (χ0) is 18.4. The van der Waals surface area contributed by atoms with E-state index >= 15 is 0 Å². The van der Waals surface area contributed by atoms with E-state index in [2.05, 4.69) is 0 Å². The van der Waals surface area contributed by atoms with Gasteiger partial charge in [0, 0.05) is 12.1 Å². The molecule has 1 saturated heterocycles. The maximum Gasteiger partial charge on any atom is 0.339 e. The van der Waals surface area contributed by atoms with Crippen molar-refractivity contribution in [1.82, 2.24) is 4.31 Å². The van der Waals surface area contributed by atoms with Gasteiger partial charge in [0.05, 0.1) is 17.9 Å². The number of hydrogen-bond donors (Lipinski definition) is 0. The van der Waals surface area contributed by atoms with Crippen LogP contribution in [0.25, 0.3) is 0 Å². The molecule has 0 aromatic heterocycles. The van der Waals surface area contributed by atoms with Gasteiger partial charge < -0.3 is 4.74 Å². The van der Waals surface area contributed by atoms with Crippen molar-refractivity contribution < 1.29 is 22.3 Å². The lowest BCUT2D eigenvalue weighted by atomic mass is 9.86. The van der Waals surface area contributed by atoms with Gasteiger partial charge in [0.2, 0.25) is 10.0 Å². The van der Waals surface area contributed by atoms with E-state index in [0.29, 0.717) is 30.5 Å². The summed E-state index contributed by atoms with van der Waals surface area (Å²) in [7, 11) is -3.66. The highest BCUT2D eigenvalue weighted by Gasteiger charge is 2.49. The predicted molar refractivity (Wildman–Crippen MR) is 93.4 cm³/mol. The Balaban J connectivity index is 1.62. The standard InChI is InChI=1S/C19H18FNO4S/c20-15-6-3-5-14(11-15)12-26(23,24)21-10-4-9-19(13-21)17-8-2-1-7-16(17)18(22)25-19/h1-3,5-8,11H,4,9-10,12-13H2. The summed E-state index contributed by atoms with van der Waals surface area (Å²) < 4.78 is 46.1. The SMILES string of the molecule is O=C1OC2(CCCN(S(=O)(=O)Cc3cccc(F)c3)C2)c2ccccc21. The second-order valence-electron chi connectivity index (χ2n) is 6.75. The number of sulfonamides is 1. The molecule has 2 heterocycles. The number of esters is 1. The van der Waals surface area contributed by atoms with Gasteiger partial charge >= 0.3 is 5.97 Å². The molecule has 4 rings (SSSR count). The number of halogens is 1. The molecule has 1 unspecified atom stereocenters. The summed E-state index contributed by atoms with van der Waals surface area (Å²) in [6.45, 7) is 0.451. The fraction of sp³-hybridized carbons (Fsp3) is 0.316. The zero-order valence-electron chi connectivity index (χ0n) is 14.0. The quantitative estimate of drug-likeness (QED) is 0.774. The third-order valence-electron chi connectivity index (χ3n) is 4.98. The lowest BCUT2D eigenvalue weighted by molar-refractivity contribution is -0.0345. The molecule has 2 aliphatic heterocycles. The van der Waals surface area contributed by atoms with Crippen molar-refractivity contribution in [2.24, 2.45) is 0 Å². The molecule has 0 amide bonds. The molecular formula is C19H18FNO4S. The Morgan fingerprint density at radius 3 is 2.77 bits per heavy atom. The lowest BCUT2D eigenvalue weighted by Crippen LogP contribution is -2.49. The minimum atomic E-state index is -3.66. The van der Waals surface area contributed by atoms with Gasteiger partial charge in [0.25, 0.3) is 0 Å². The second kappa shape index (κ2) is 6.17. The van der Waals surface area contributed by atoms with E-state index in [-0.39, 0.29) is 12.3 Å². The highest BCUT2D eigenvalue weighted by Crippen LogP contribution is 2.43. The van der Waals surface area contributed by atoms with Crippen molar-refractivity contribution in [1.29, 1.82) is 0 Å². The average Bonchev–Trinajstić information content (AvgIpc) is 2.87. The Morgan fingerprint density at radius 1 is 1.15 bits per heavy atom. The van der Waals surface area contributed by atoms with Crippen LogP contribution in [0, 0.1) is 5.82 Å². The first-order chi connectivity index (χ1) is 12.4. The normalized spacial score (nSPS) is 23.0. The molecule has 2 aromatic carbocycles. The van der Waals surface area contributed by atoms with E-state index in [1.54, 1.807) is 18.2 Å². The van der Waals surface area contributed by atoms with Crippen LogP contribution in [0.15, 0.2) is 48.5 Å². The summed E-state index contributed by atoms with van der Waals surface area (Å²) in [4.78, 5) is 12.2. The van der Waals surface area contributed by atoms with Crippen molar-refractivity contribution in [2.45, 2.75) is 24.2 Å². The van der Waals surface area contributed by atoms with Gasteiger partial charge in [0.1, 0.15) is 5.82 Å². The molecule has 0 N–H and O–H groups in total. The molecular weight excluding hydrogens is 357 g/mol. The van der Waals surface area contributed by atoms with E-state index in [1.807, 2.05) is 12.1 Å². The second-order valence-corrected chi connectivity index (χ2v) is 8.72. The third-order valence-corrected chi connectivity index (χ3v) is 6.77. The minimum absolute atomic E-state index is 0.0907. The maximum atomic E-state index is 13.4. The number of nitrogens with zero attached hydrogens (tertiary/aromatic N) is 1. The van der Waals surface area contributed by atoms with Gasteiger partial charge in [-0.15, -0.1) is 0 Å². The summed E-state index contributed by atoms with van der Waals surface area (Å²) in [6.07, 6.45) is 1.17. The number of ether oxygens (including phenoxy) is 1. The Hall–Kier alpha value is -2.25. The molecule has 1 spiro atoms. The third kappa shape index (κ3) is 2.91. The summed E-state index contributed by atoms with van der Waals surface area (Å²) >= 11 is 0. The van der Waals surface area contributed by atoms with Crippen LogP contribution >= 0.6 is 0 Å². The number of rotatable bonds is 3. The minimum Gasteiger partial charge on any atom is -0.449 e. The number of carbonyl (C=O) groups excluding carboxylic acids is 1. The van der Waals surface area contributed by atoms with Crippen LogP contribution in [-0.4, -0.2) is 31.8 Å². The highest BCUT2D eigenvalue weighted by atomic mass is 32.2. The number of benzene rings is 2. The summed E-state index contributed by atoms with van der Waals surface area (Å²) in [5.74, 6) is -1.16. The molecule has 1 atom stereocenters. The summed E-state index contributed by atoms with van der Waals surface area (Å²) in [5.41, 5.74) is 0.710. The van der Waals surface area contributed by atoms with Crippen molar-refractivity contribution in [2.75, 3.05) is 13.1 Å². The molecule has 0 saturated carbocycles. The van der Waals surface area contributed by atoms with Crippen LogP contribution in [0.2, 0.25) is 0 Å². The van der Waals surface area contributed by atoms with Crippen molar-refractivity contribution in [3.8, 4) is 0 Å². The number of piperidine rings is 1. The molecule has 0 radical (unpaired) electrons. The van der Waals surface area contributed by atoms with Crippen LogP contribution in [0.1, 0.15) is 34.3 Å². The van der Waals surface area contributed by atoms with Crippen LogP contribution in [0.5, 0.6) is 0 Å². The van der Waals surface area contributed by atoms with Crippen LogP contribution < -0.4 is 0 Å². The molecule has 7 heteroatoms. The van der Waals surface area contributed by atoms with Gasteiger partial charge in [-0.3, -0.25) is 0 Å². The van der Waals surface area contributed by atoms with Crippen LogP contribution in [-0.2, 0) is 26.1 Å². The zero-order valence-corrected chi connectivity index (χ0v) is 14.8. The number of fused-ring (bicyclic) bond motifs is 2. The Morgan fingerprint density at radius 2 is 1.96 bits per heavy atom. The molecule has 1 fully saturated rings. The van der Waals surface area contributed by atoms with E-state index < -0.39 is 27.4 Å². The average molecular weight is 375 g/mol. The molecule has 136 valence electrons. The molecule has 26 heavy (non-hydrogen) atoms. The first-order valence-electron chi connectivity index (χ1n) is 8.45. The molecule has 5 nitrogen and oxygen atoms in total. The van der Waals surface area contributed by atoms with Crippen LogP contribution in [0.4, 0.5) is 4.39 Å². The first kappa shape index (κ1) is 17.2. The lowest BCUT2D eigenvalue weighted by Gasteiger charge is -2.38. The van der Waals surface area contributed by atoms with Gasteiger partial charge in [-0.1, -0.05) is 30.3 Å². The molecule has 0 bridgehead atoms. The van der Waals surface area contributed by atoms with Gasteiger partial charge in [-0.25, -0.2) is 17.6 Å². The van der Waals surface area contributed by atoms with Crippen molar-refractivity contribution in [3.05, 3.63) is 71.0 Å². The number of carbonyl (C=O) groups is 1. The van der Waals surface area contributed by atoms with E-state index in [1.165, 1.54) is 22.5 Å². The van der Waals surface area contributed by atoms with Gasteiger partial charge in [-0.2, -0.15) is 4.31 Å². The van der Waals surface area contributed by atoms with Gasteiger partial charge in [-0.05, 0) is 36.6 Å². The Labute approximate surface area is 151 Å². The maximum absolute atomic E-state index is 13.4. The molecule has 2 aliphatic rings. The first-order valence-corrected chi connectivity index (χ1v) is 10.1. The molecule has 2 aromatic rings. The molecule has 0 aliphatic carbocycles. The van der Waals surface area contributed by atoms with Crippen molar-refractivity contribution in [3.63, 3.8) is 0 Å². The summed E-state index contributed by atoms with van der Waals surface area (Å²) in [6, 6.07) is 12.7. The fourth-order valence-corrected chi connectivity index (χ4v) is 5.39. The largest absolute Gasteiger partial charge is 0.449 e. The van der Waals surface area contributed by atoms with E-state index in [0.717, 1.165) is 5.56 Å². The Kier molecular flexibility index (Phi) is 4.08.